The highest BCUT2D eigenvalue weighted by molar-refractivity contribution is 5.96. The first-order valence-corrected chi connectivity index (χ1v) is 6.50. The predicted molar refractivity (Wildman–Crippen MR) is 67.0 cm³/mol. The van der Waals surface area contributed by atoms with E-state index in [2.05, 4.69) is 15.2 Å². The van der Waals surface area contributed by atoms with Crippen LogP contribution in [0.15, 0.2) is 10.6 Å². The summed E-state index contributed by atoms with van der Waals surface area (Å²) in [6, 6.07) is 0.594. The maximum absolute atomic E-state index is 12.1. The molecule has 0 spiro atoms. The number of alkyl halides is 3. The van der Waals surface area contributed by atoms with Gasteiger partial charge in [0, 0.05) is 12.6 Å². The average Bonchev–Trinajstić information content (AvgIpc) is 3.04. The lowest BCUT2D eigenvalue weighted by Gasteiger charge is -2.23. The second-order valence-corrected chi connectivity index (χ2v) is 4.83. The Morgan fingerprint density at radius 2 is 2.27 bits per heavy atom. The molecule has 1 aromatic rings. The molecule has 0 aromatic carbocycles. The van der Waals surface area contributed by atoms with Crippen molar-refractivity contribution in [2.75, 3.05) is 18.5 Å². The molecule has 10 heteroatoms. The number of hydrogen-bond acceptors (Lipinski definition) is 5. The van der Waals surface area contributed by atoms with E-state index in [9.17, 15) is 22.8 Å². The molecule has 7 nitrogen and oxygen atoms in total. The Balaban J connectivity index is 1.94. The topological polar surface area (TPSA) is 84.7 Å². The van der Waals surface area contributed by atoms with Gasteiger partial charge >= 0.3 is 12.3 Å². The number of amides is 2. The van der Waals surface area contributed by atoms with Crippen molar-refractivity contribution in [3.8, 4) is 0 Å². The zero-order chi connectivity index (χ0) is 16.3. The SMILES string of the molecule is Cc1cc(NC(=O)C2CCCN2C(=O)OCC(F)(F)F)no1. The molecule has 0 saturated carbocycles. The van der Waals surface area contributed by atoms with Crippen LogP contribution < -0.4 is 5.32 Å². The molecule has 1 fully saturated rings. The van der Waals surface area contributed by atoms with Gasteiger partial charge in [0.25, 0.3) is 0 Å². The molecular formula is C12H14F3N3O4. The van der Waals surface area contributed by atoms with Gasteiger partial charge in [0.2, 0.25) is 5.91 Å². The maximum atomic E-state index is 12.1. The summed E-state index contributed by atoms with van der Waals surface area (Å²) in [6.07, 6.45) is -4.93. The number of likely N-dealkylation sites (tertiary alicyclic amines) is 1. The van der Waals surface area contributed by atoms with E-state index >= 15 is 0 Å². The Morgan fingerprint density at radius 1 is 1.55 bits per heavy atom. The van der Waals surface area contributed by atoms with Gasteiger partial charge in [0.15, 0.2) is 12.4 Å². The summed E-state index contributed by atoms with van der Waals surface area (Å²) in [7, 11) is 0. The summed E-state index contributed by atoms with van der Waals surface area (Å²) in [4.78, 5) is 24.7. The summed E-state index contributed by atoms with van der Waals surface area (Å²) < 4.78 is 45.1. The number of hydrogen-bond donors (Lipinski definition) is 1. The number of anilines is 1. The second kappa shape index (κ2) is 6.24. The van der Waals surface area contributed by atoms with Gasteiger partial charge in [-0.3, -0.25) is 9.69 Å². The molecule has 22 heavy (non-hydrogen) atoms. The Hall–Kier alpha value is -2.26. The molecule has 0 aliphatic carbocycles. The van der Waals surface area contributed by atoms with E-state index in [1.54, 1.807) is 6.92 Å². The van der Waals surface area contributed by atoms with Crippen LogP contribution in [0, 0.1) is 6.92 Å². The molecule has 1 unspecified atom stereocenters. The zero-order valence-corrected chi connectivity index (χ0v) is 11.6. The van der Waals surface area contributed by atoms with E-state index in [0.717, 1.165) is 4.90 Å². The van der Waals surface area contributed by atoms with E-state index in [-0.39, 0.29) is 12.4 Å². The third kappa shape index (κ3) is 4.12. The largest absolute Gasteiger partial charge is 0.440 e. The normalized spacial score (nSPS) is 18.4. The van der Waals surface area contributed by atoms with Gasteiger partial charge < -0.3 is 14.6 Å². The molecule has 1 aliphatic heterocycles. The molecule has 1 aromatic heterocycles. The smallest absolute Gasteiger partial charge is 0.422 e. The lowest BCUT2D eigenvalue weighted by molar-refractivity contribution is -0.162. The Labute approximate surface area is 123 Å². The highest BCUT2D eigenvalue weighted by Gasteiger charge is 2.37. The van der Waals surface area contributed by atoms with Crippen molar-refractivity contribution < 1.29 is 32.0 Å². The van der Waals surface area contributed by atoms with Crippen molar-refractivity contribution in [3.63, 3.8) is 0 Å². The highest BCUT2D eigenvalue weighted by atomic mass is 19.4. The number of ether oxygens (including phenoxy) is 1. The number of carbonyl (C=O) groups excluding carboxylic acids is 2. The summed E-state index contributed by atoms with van der Waals surface area (Å²) in [5, 5.41) is 6.02. The van der Waals surface area contributed by atoms with Crippen molar-refractivity contribution >= 4 is 17.8 Å². The van der Waals surface area contributed by atoms with Crippen molar-refractivity contribution in [1.82, 2.24) is 10.1 Å². The Bertz CT molecular complexity index is 558. The quantitative estimate of drug-likeness (QED) is 0.921. The monoisotopic (exact) mass is 321 g/mol. The fraction of sp³-hybridized carbons (Fsp3) is 0.583. The van der Waals surface area contributed by atoms with Gasteiger partial charge in [0.05, 0.1) is 0 Å². The van der Waals surface area contributed by atoms with Gasteiger partial charge in [0.1, 0.15) is 11.8 Å². The first-order chi connectivity index (χ1) is 10.3. The zero-order valence-electron chi connectivity index (χ0n) is 11.6. The minimum Gasteiger partial charge on any atom is -0.440 e. The van der Waals surface area contributed by atoms with Gasteiger partial charge in [-0.15, -0.1) is 0 Å². The Kier molecular flexibility index (Phi) is 4.57. The lowest BCUT2D eigenvalue weighted by atomic mass is 10.2. The maximum Gasteiger partial charge on any atom is 0.422 e. The van der Waals surface area contributed by atoms with E-state index < -0.39 is 30.8 Å². The highest BCUT2D eigenvalue weighted by Crippen LogP contribution is 2.22. The molecule has 0 radical (unpaired) electrons. The average molecular weight is 321 g/mol. The van der Waals surface area contributed by atoms with Crippen LogP contribution >= 0.6 is 0 Å². The second-order valence-electron chi connectivity index (χ2n) is 4.83. The van der Waals surface area contributed by atoms with Gasteiger partial charge in [-0.25, -0.2) is 4.79 Å². The van der Waals surface area contributed by atoms with Gasteiger partial charge in [-0.05, 0) is 19.8 Å². The van der Waals surface area contributed by atoms with Gasteiger partial charge in [-0.1, -0.05) is 5.16 Å². The molecule has 1 aliphatic rings. The summed E-state index contributed by atoms with van der Waals surface area (Å²) in [5.41, 5.74) is 0. The molecule has 2 heterocycles. The predicted octanol–water partition coefficient (Wildman–Crippen LogP) is 2.08. The molecule has 122 valence electrons. The van der Waals surface area contributed by atoms with Crippen LogP contribution in [-0.4, -0.2) is 47.4 Å². The fourth-order valence-electron chi connectivity index (χ4n) is 2.12. The number of aryl methyl sites for hydroxylation is 1. The number of carbonyl (C=O) groups is 2. The standard InChI is InChI=1S/C12H14F3N3O4/c1-7-5-9(17-22-7)16-10(19)8-3-2-4-18(8)11(20)21-6-12(13,14)15/h5,8H,2-4,6H2,1H3,(H,16,17,19). The fourth-order valence-corrected chi connectivity index (χ4v) is 2.12. The van der Waals surface area contributed by atoms with E-state index in [1.165, 1.54) is 6.07 Å². The lowest BCUT2D eigenvalue weighted by Crippen LogP contribution is -2.44. The molecule has 2 amide bonds. The van der Waals surface area contributed by atoms with Crippen molar-refractivity contribution in [2.24, 2.45) is 0 Å². The minimum atomic E-state index is -4.61. The number of aromatic nitrogens is 1. The number of rotatable bonds is 3. The molecule has 2 rings (SSSR count). The van der Waals surface area contributed by atoms with Crippen molar-refractivity contribution in [2.45, 2.75) is 32.0 Å². The number of halogens is 3. The summed E-state index contributed by atoms with van der Waals surface area (Å²) in [6.45, 7) is 0.116. The minimum absolute atomic E-state index is 0.159. The summed E-state index contributed by atoms with van der Waals surface area (Å²) in [5.74, 6) is 0.121. The molecule has 1 N–H and O–H groups in total. The van der Waals surface area contributed by atoms with Crippen LogP contribution in [0.5, 0.6) is 0 Å². The van der Waals surface area contributed by atoms with Crippen molar-refractivity contribution in [1.29, 1.82) is 0 Å². The molecule has 1 saturated heterocycles. The summed E-state index contributed by atoms with van der Waals surface area (Å²) >= 11 is 0. The van der Waals surface area contributed by atoms with E-state index in [0.29, 0.717) is 18.6 Å². The van der Waals surface area contributed by atoms with Crippen molar-refractivity contribution in [3.05, 3.63) is 11.8 Å². The molecule has 0 bridgehead atoms. The first-order valence-electron chi connectivity index (χ1n) is 6.50. The molecule has 1 atom stereocenters. The van der Waals surface area contributed by atoms with E-state index in [4.69, 9.17) is 4.52 Å². The third-order valence-electron chi connectivity index (χ3n) is 3.03. The van der Waals surface area contributed by atoms with Crippen LogP contribution in [0.4, 0.5) is 23.8 Å². The molecular weight excluding hydrogens is 307 g/mol. The number of nitrogens with one attached hydrogen (secondary N) is 1. The van der Waals surface area contributed by atoms with Crippen LogP contribution in [0.2, 0.25) is 0 Å². The van der Waals surface area contributed by atoms with Crippen LogP contribution in [-0.2, 0) is 9.53 Å². The first kappa shape index (κ1) is 16.1. The van der Waals surface area contributed by atoms with Gasteiger partial charge in [-0.2, -0.15) is 13.2 Å². The van der Waals surface area contributed by atoms with E-state index in [1.807, 2.05) is 0 Å². The van der Waals surface area contributed by atoms with Crippen LogP contribution in [0.1, 0.15) is 18.6 Å². The van der Waals surface area contributed by atoms with Crippen LogP contribution in [0.3, 0.4) is 0 Å². The Morgan fingerprint density at radius 3 is 2.86 bits per heavy atom. The third-order valence-corrected chi connectivity index (χ3v) is 3.03. The number of nitrogens with zero attached hydrogens (tertiary/aromatic N) is 2. The van der Waals surface area contributed by atoms with Crippen LogP contribution in [0.25, 0.3) is 0 Å².